The minimum atomic E-state index is 0.684. The molecular formula is C15H11N3S. The molecule has 3 rings (SSSR count). The maximum absolute atomic E-state index is 8.74. The van der Waals surface area contributed by atoms with Gasteiger partial charge in [0.15, 0.2) is 5.13 Å². The Bertz CT molecular complexity index is 705. The number of aromatic nitrogens is 1. The van der Waals surface area contributed by atoms with Crippen molar-refractivity contribution in [2.24, 2.45) is 0 Å². The highest BCUT2D eigenvalue weighted by atomic mass is 32.1. The largest absolute Gasteiger partial charge is 0.357 e. The number of benzene rings is 2. The summed E-state index contributed by atoms with van der Waals surface area (Å²) in [5, 5.41) is 13.0. The van der Waals surface area contributed by atoms with E-state index in [1.54, 1.807) is 11.3 Å². The minimum Gasteiger partial charge on any atom is -0.357 e. The van der Waals surface area contributed by atoms with E-state index in [0.717, 1.165) is 16.2 Å². The molecule has 0 unspecified atom stereocenters. The third-order valence-corrected chi connectivity index (χ3v) is 3.81. The fraction of sp³-hybridized carbons (Fsp3) is 0.0667. The summed E-state index contributed by atoms with van der Waals surface area (Å²) in [6.45, 7) is 0.714. The Morgan fingerprint density at radius 2 is 1.89 bits per heavy atom. The maximum Gasteiger partial charge on any atom is 0.184 e. The Balaban J connectivity index is 1.73. The van der Waals surface area contributed by atoms with Crippen molar-refractivity contribution in [2.75, 3.05) is 5.32 Å². The van der Waals surface area contributed by atoms with Crippen LogP contribution in [0.1, 0.15) is 11.1 Å². The molecule has 0 fully saturated rings. The lowest BCUT2D eigenvalue weighted by atomic mass is 10.1. The molecule has 0 aliphatic heterocycles. The van der Waals surface area contributed by atoms with E-state index in [0.29, 0.717) is 12.1 Å². The number of rotatable bonds is 3. The molecule has 1 heterocycles. The predicted octanol–water partition coefficient (Wildman–Crippen LogP) is 3.78. The number of thiazole rings is 1. The van der Waals surface area contributed by atoms with Crippen LogP contribution in [0.4, 0.5) is 5.13 Å². The van der Waals surface area contributed by atoms with Gasteiger partial charge in [0.25, 0.3) is 0 Å². The van der Waals surface area contributed by atoms with Gasteiger partial charge in [-0.05, 0) is 29.8 Å². The van der Waals surface area contributed by atoms with Crippen molar-refractivity contribution in [1.82, 2.24) is 4.98 Å². The Labute approximate surface area is 115 Å². The van der Waals surface area contributed by atoms with Crippen molar-refractivity contribution in [3.63, 3.8) is 0 Å². The highest BCUT2D eigenvalue weighted by Gasteiger charge is 2.02. The van der Waals surface area contributed by atoms with Crippen LogP contribution in [0, 0.1) is 11.3 Å². The van der Waals surface area contributed by atoms with Gasteiger partial charge in [0, 0.05) is 6.54 Å². The number of nitrogens with one attached hydrogen (secondary N) is 1. The van der Waals surface area contributed by atoms with Gasteiger partial charge in [0.1, 0.15) is 0 Å². The molecule has 0 amide bonds. The number of fused-ring (bicyclic) bond motifs is 1. The van der Waals surface area contributed by atoms with Crippen molar-refractivity contribution in [2.45, 2.75) is 6.54 Å². The molecule has 1 N–H and O–H groups in total. The molecule has 0 saturated carbocycles. The van der Waals surface area contributed by atoms with Crippen LogP contribution in [0.2, 0.25) is 0 Å². The van der Waals surface area contributed by atoms with Crippen molar-refractivity contribution in [3.05, 3.63) is 59.7 Å². The summed E-state index contributed by atoms with van der Waals surface area (Å²) in [5.74, 6) is 0. The average Bonchev–Trinajstić information content (AvgIpc) is 2.88. The Hall–Kier alpha value is -2.38. The SMILES string of the molecule is N#Cc1ccc(CNc2nc3ccccc3s2)cc1. The number of nitriles is 1. The van der Waals surface area contributed by atoms with Crippen LogP contribution in [0.5, 0.6) is 0 Å². The monoisotopic (exact) mass is 265 g/mol. The molecule has 0 radical (unpaired) electrons. The molecule has 0 spiro atoms. The second-order valence-electron chi connectivity index (χ2n) is 4.15. The Morgan fingerprint density at radius 3 is 2.63 bits per heavy atom. The smallest absolute Gasteiger partial charge is 0.184 e. The van der Waals surface area contributed by atoms with E-state index in [2.05, 4.69) is 22.4 Å². The molecule has 3 nitrogen and oxygen atoms in total. The van der Waals surface area contributed by atoms with Gasteiger partial charge >= 0.3 is 0 Å². The van der Waals surface area contributed by atoms with Crippen LogP contribution in [0.25, 0.3) is 10.2 Å². The first-order chi connectivity index (χ1) is 9.35. The lowest BCUT2D eigenvalue weighted by molar-refractivity contribution is 1.14. The van der Waals surface area contributed by atoms with Gasteiger partial charge in [-0.3, -0.25) is 0 Å². The van der Waals surface area contributed by atoms with Crippen LogP contribution in [0.3, 0.4) is 0 Å². The van der Waals surface area contributed by atoms with Gasteiger partial charge in [-0.15, -0.1) is 0 Å². The molecule has 1 aromatic heterocycles. The molecule has 3 aromatic rings. The summed E-state index contributed by atoms with van der Waals surface area (Å²) in [6.07, 6.45) is 0. The van der Waals surface area contributed by atoms with E-state index in [1.165, 1.54) is 4.70 Å². The van der Waals surface area contributed by atoms with Crippen LogP contribution in [-0.2, 0) is 6.54 Å². The first kappa shape index (κ1) is 11.7. The quantitative estimate of drug-likeness (QED) is 0.784. The van der Waals surface area contributed by atoms with Gasteiger partial charge in [0.05, 0.1) is 21.8 Å². The fourth-order valence-corrected chi connectivity index (χ4v) is 2.68. The zero-order valence-electron chi connectivity index (χ0n) is 10.1. The molecule has 19 heavy (non-hydrogen) atoms. The van der Waals surface area contributed by atoms with Crippen LogP contribution >= 0.6 is 11.3 Å². The van der Waals surface area contributed by atoms with E-state index in [4.69, 9.17) is 5.26 Å². The van der Waals surface area contributed by atoms with E-state index >= 15 is 0 Å². The van der Waals surface area contributed by atoms with Crippen LogP contribution < -0.4 is 5.32 Å². The topological polar surface area (TPSA) is 48.7 Å². The Morgan fingerprint density at radius 1 is 1.11 bits per heavy atom. The van der Waals surface area contributed by atoms with Crippen molar-refractivity contribution >= 4 is 26.7 Å². The van der Waals surface area contributed by atoms with Crippen molar-refractivity contribution in [3.8, 4) is 6.07 Å². The second-order valence-corrected chi connectivity index (χ2v) is 5.18. The summed E-state index contributed by atoms with van der Waals surface area (Å²) in [7, 11) is 0. The molecule has 4 heteroatoms. The molecule has 2 aromatic carbocycles. The molecule has 0 saturated heterocycles. The van der Waals surface area contributed by atoms with Gasteiger partial charge in [-0.1, -0.05) is 35.6 Å². The van der Waals surface area contributed by atoms with Gasteiger partial charge in [-0.25, -0.2) is 4.98 Å². The maximum atomic E-state index is 8.74. The third kappa shape index (κ3) is 2.56. The van der Waals surface area contributed by atoms with Crippen LogP contribution in [-0.4, -0.2) is 4.98 Å². The first-order valence-corrected chi connectivity index (χ1v) is 6.75. The summed E-state index contributed by atoms with van der Waals surface area (Å²) in [6, 6.07) is 17.8. The number of nitrogens with zero attached hydrogens (tertiary/aromatic N) is 2. The number of para-hydroxylation sites is 1. The van der Waals surface area contributed by atoms with Gasteiger partial charge in [0.2, 0.25) is 0 Å². The second kappa shape index (κ2) is 5.09. The highest BCUT2D eigenvalue weighted by molar-refractivity contribution is 7.22. The van der Waals surface area contributed by atoms with Gasteiger partial charge in [-0.2, -0.15) is 5.26 Å². The number of anilines is 1. The summed E-state index contributed by atoms with van der Waals surface area (Å²) in [4.78, 5) is 4.52. The highest BCUT2D eigenvalue weighted by Crippen LogP contribution is 2.25. The van der Waals surface area contributed by atoms with Gasteiger partial charge < -0.3 is 5.32 Å². The van der Waals surface area contributed by atoms with E-state index < -0.39 is 0 Å². The van der Waals surface area contributed by atoms with Crippen molar-refractivity contribution in [1.29, 1.82) is 5.26 Å². The van der Waals surface area contributed by atoms with Crippen molar-refractivity contribution < 1.29 is 0 Å². The molecule has 92 valence electrons. The fourth-order valence-electron chi connectivity index (χ4n) is 1.82. The first-order valence-electron chi connectivity index (χ1n) is 5.93. The standard InChI is InChI=1S/C15H11N3S/c16-9-11-5-7-12(8-6-11)10-17-15-18-13-3-1-2-4-14(13)19-15/h1-8H,10H2,(H,17,18). The van der Waals surface area contributed by atoms with E-state index in [1.807, 2.05) is 42.5 Å². The lowest BCUT2D eigenvalue weighted by Gasteiger charge is -2.02. The normalized spacial score (nSPS) is 10.3. The number of hydrogen-bond donors (Lipinski definition) is 1. The molecule has 0 bridgehead atoms. The molecular weight excluding hydrogens is 254 g/mol. The third-order valence-electron chi connectivity index (χ3n) is 2.82. The summed E-state index contributed by atoms with van der Waals surface area (Å²) < 4.78 is 1.19. The summed E-state index contributed by atoms with van der Waals surface area (Å²) in [5.41, 5.74) is 2.84. The molecule has 0 aliphatic carbocycles. The Kier molecular flexibility index (Phi) is 3.13. The molecule has 0 aliphatic rings. The predicted molar refractivity (Wildman–Crippen MR) is 78.1 cm³/mol. The number of hydrogen-bond acceptors (Lipinski definition) is 4. The lowest BCUT2D eigenvalue weighted by Crippen LogP contribution is -1.98. The minimum absolute atomic E-state index is 0.684. The van der Waals surface area contributed by atoms with Crippen LogP contribution in [0.15, 0.2) is 48.5 Å². The van der Waals surface area contributed by atoms with E-state index in [-0.39, 0.29) is 0 Å². The molecule has 0 atom stereocenters. The zero-order valence-corrected chi connectivity index (χ0v) is 10.9. The summed E-state index contributed by atoms with van der Waals surface area (Å²) >= 11 is 1.65. The average molecular weight is 265 g/mol. The zero-order chi connectivity index (χ0) is 13.1. The van der Waals surface area contributed by atoms with E-state index in [9.17, 15) is 0 Å².